The predicted octanol–water partition coefficient (Wildman–Crippen LogP) is 1.04. The summed E-state index contributed by atoms with van der Waals surface area (Å²) in [5, 5.41) is 6.58. The van der Waals surface area contributed by atoms with Crippen molar-refractivity contribution in [3.63, 3.8) is 0 Å². The van der Waals surface area contributed by atoms with Crippen molar-refractivity contribution in [1.82, 2.24) is 15.3 Å². The van der Waals surface area contributed by atoms with Crippen LogP contribution in [-0.4, -0.2) is 35.7 Å². The number of hydrogen-bond acceptors (Lipinski definition) is 5. The Balaban J connectivity index is 1.71. The largest absolute Gasteiger partial charge is 0.478 e. The Kier molecular flexibility index (Phi) is 3.93. The van der Waals surface area contributed by atoms with Crippen LogP contribution in [-0.2, 0) is 0 Å². The molecule has 1 aliphatic carbocycles. The number of hydrogen-bond donors (Lipinski definition) is 2. The fraction of sp³-hybridized carbons (Fsp3) is 0.636. The van der Waals surface area contributed by atoms with Crippen molar-refractivity contribution in [2.45, 2.75) is 25.8 Å². The number of nitrogens with one attached hydrogen (secondary N) is 2. The summed E-state index contributed by atoms with van der Waals surface area (Å²) in [5.41, 5.74) is 0. The lowest BCUT2D eigenvalue weighted by Gasteiger charge is -2.07. The molecule has 0 aromatic carbocycles. The summed E-state index contributed by atoms with van der Waals surface area (Å²) < 4.78 is 5.29. The predicted molar refractivity (Wildman–Crippen MR) is 62.7 cm³/mol. The normalized spacial score (nSPS) is 14.8. The molecule has 16 heavy (non-hydrogen) atoms. The van der Waals surface area contributed by atoms with Crippen LogP contribution in [0.15, 0.2) is 12.3 Å². The minimum atomic E-state index is 0.621. The van der Waals surface area contributed by atoms with Crippen molar-refractivity contribution in [2.24, 2.45) is 0 Å². The van der Waals surface area contributed by atoms with Gasteiger partial charge < -0.3 is 15.4 Å². The SMILES string of the molecule is CCOc1ccnc(NCCNC2CC2)n1. The van der Waals surface area contributed by atoms with E-state index in [1.807, 2.05) is 6.92 Å². The van der Waals surface area contributed by atoms with Crippen LogP contribution >= 0.6 is 0 Å². The highest BCUT2D eigenvalue weighted by atomic mass is 16.5. The van der Waals surface area contributed by atoms with Crippen LogP contribution in [0.3, 0.4) is 0 Å². The van der Waals surface area contributed by atoms with E-state index in [-0.39, 0.29) is 0 Å². The van der Waals surface area contributed by atoms with Crippen molar-refractivity contribution in [3.8, 4) is 5.88 Å². The van der Waals surface area contributed by atoms with E-state index in [4.69, 9.17) is 4.74 Å². The average Bonchev–Trinajstić information content (AvgIpc) is 3.09. The Morgan fingerprint density at radius 3 is 3.06 bits per heavy atom. The maximum Gasteiger partial charge on any atom is 0.225 e. The summed E-state index contributed by atoms with van der Waals surface area (Å²) >= 11 is 0. The van der Waals surface area contributed by atoms with Gasteiger partial charge in [-0.05, 0) is 19.8 Å². The molecule has 0 radical (unpaired) electrons. The van der Waals surface area contributed by atoms with E-state index in [0.29, 0.717) is 18.4 Å². The Hall–Kier alpha value is -1.36. The number of anilines is 1. The van der Waals surface area contributed by atoms with Gasteiger partial charge in [0.25, 0.3) is 0 Å². The number of rotatable bonds is 7. The third kappa shape index (κ3) is 3.66. The second kappa shape index (κ2) is 5.65. The van der Waals surface area contributed by atoms with Crippen molar-refractivity contribution in [2.75, 3.05) is 25.0 Å². The van der Waals surface area contributed by atoms with Gasteiger partial charge in [-0.2, -0.15) is 4.98 Å². The Labute approximate surface area is 95.6 Å². The molecule has 0 saturated heterocycles. The van der Waals surface area contributed by atoms with E-state index in [1.54, 1.807) is 12.3 Å². The number of aromatic nitrogens is 2. The fourth-order valence-corrected chi connectivity index (χ4v) is 1.39. The molecule has 1 heterocycles. The van der Waals surface area contributed by atoms with E-state index in [1.165, 1.54) is 12.8 Å². The van der Waals surface area contributed by atoms with Gasteiger partial charge >= 0.3 is 0 Å². The van der Waals surface area contributed by atoms with Gasteiger partial charge in [0.15, 0.2) is 0 Å². The molecule has 1 saturated carbocycles. The monoisotopic (exact) mass is 222 g/mol. The van der Waals surface area contributed by atoms with Gasteiger partial charge in [-0.15, -0.1) is 0 Å². The van der Waals surface area contributed by atoms with Crippen LogP contribution in [0.5, 0.6) is 5.88 Å². The van der Waals surface area contributed by atoms with Gasteiger partial charge in [-0.1, -0.05) is 0 Å². The molecule has 0 aliphatic heterocycles. The lowest BCUT2D eigenvalue weighted by atomic mass is 10.5. The highest BCUT2D eigenvalue weighted by Crippen LogP contribution is 2.17. The van der Waals surface area contributed by atoms with Gasteiger partial charge in [-0.3, -0.25) is 0 Å². The molecular formula is C11H18N4O. The first-order valence-corrected chi connectivity index (χ1v) is 5.81. The second-order valence-electron chi connectivity index (χ2n) is 3.81. The van der Waals surface area contributed by atoms with Gasteiger partial charge in [0.05, 0.1) is 6.61 Å². The van der Waals surface area contributed by atoms with E-state index in [2.05, 4.69) is 20.6 Å². The smallest absolute Gasteiger partial charge is 0.225 e. The molecule has 0 amide bonds. The molecule has 1 aliphatic rings. The van der Waals surface area contributed by atoms with Crippen molar-refractivity contribution in [3.05, 3.63) is 12.3 Å². The molecule has 2 N–H and O–H groups in total. The van der Waals surface area contributed by atoms with Crippen LogP contribution in [0.2, 0.25) is 0 Å². The highest BCUT2D eigenvalue weighted by molar-refractivity contribution is 5.27. The average molecular weight is 222 g/mol. The van der Waals surface area contributed by atoms with Crippen LogP contribution in [0.4, 0.5) is 5.95 Å². The third-order valence-corrected chi connectivity index (χ3v) is 2.34. The molecule has 2 rings (SSSR count). The van der Waals surface area contributed by atoms with Gasteiger partial charge in [-0.25, -0.2) is 4.98 Å². The summed E-state index contributed by atoms with van der Waals surface area (Å²) in [4.78, 5) is 8.35. The molecule has 1 aromatic rings. The van der Waals surface area contributed by atoms with Gasteiger partial charge in [0, 0.05) is 31.4 Å². The fourth-order valence-electron chi connectivity index (χ4n) is 1.39. The standard InChI is InChI=1S/C11H18N4O/c1-2-16-10-5-6-13-11(15-10)14-8-7-12-9-3-4-9/h5-6,9,12H,2-4,7-8H2,1H3,(H,13,14,15). The zero-order chi connectivity index (χ0) is 11.2. The maximum atomic E-state index is 5.29. The first kappa shape index (κ1) is 11.1. The summed E-state index contributed by atoms with van der Waals surface area (Å²) in [6.45, 7) is 4.35. The molecule has 0 atom stereocenters. The Morgan fingerprint density at radius 2 is 2.31 bits per heavy atom. The van der Waals surface area contributed by atoms with E-state index in [0.717, 1.165) is 19.1 Å². The third-order valence-electron chi connectivity index (χ3n) is 2.34. The zero-order valence-corrected chi connectivity index (χ0v) is 9.57. The van der Waals surface area contributed by atoms with Crippen LogP contribution in [0, 0.1) is 0 Å². The topological polar surface area (TPSA) is 59.1 Å². The lowest BCUT2D eigenvalue weighted by Crippen LogP contribution is -2.24. The minimum Gasteiger partial charge on any atom is -0.478 e. The molecular weight excluding hydrogens is 204 g/mol. The van der Waals surface area contributed by atoms with Crippen LogP contribution < -0.4 is 15.4 Å². The quantitative estimate of drug-likeness (QED) is 0.675. The summed E-state index contributed by atoms with van der Waals surface area (Å²) in [7, 11) is 0. The second-order valence-corrected chi connectivity index (χ2v) is 3.81. The van der Waals surface area contributed by atoms with Gasteiger partial charge in [0.1, 0.15) is 0 Å². The molecule has 5 nitrogen and oxygen atoms in total. The molecule has 5 heteroatoms. The van der Waals surface area contributed by atoms with Crippen molar-refractivity contribution < 1.29 is 4.74 Å². The highest BCUT2D eigenvalue weighted by Gasteiger charge is 2.19. The zero-order valence-electron chi connectivity index (χ0n) is 9.57. The van der Waals surface area contributed by atoms with E-state index in [9.17, 15) is 0 Å². The number of ether oxygens (including phenoxy) is 1. The molecule has 0 spiro atoms. The molecule has 88 valence electrons. The number of nitrogens with zero attached hydrogens (tertiary/aromatic N) is 2. The summed E-state index contributed by atoms with van der Waals surface area (Å²) in [6, 6.07) is 2.51. The van der Waals surface area contributed by atoms with Crippen LogP contribution in [0.1, 0.15) is 19.8 Å². The van der Waals surface area contributed by atoms with Crippen LogP contribution in [0.25, 0.3) is 0 Å². The summed E-state index contributed by atoms with van der Waals surface area (Å²) in [5.74, 6) is 1.25. The summed E-state index contributed by atoms with van der Waals surface area (Å²) in [6.07, 6.45) is 4.33. The Morgan fingerprint density at radius 1 is 1.44 bits per heavy atom. The molecule has 0 bridgehead atoms. The minimum absolute atomic E-state index is 0.621. The first-order chi connectivity index (χ1) is 7.88. The molecule has 1 fully saturated rings. The van der Waals surface area contributed by atoms with Crippen molar-refractivity contribution >= 4 is 5.95 Å². The Bertz CT molecular complexity index is 328. The van der Waals surface area contributed by atoms with E-state index < -0.39 is 0 Å². The van der Waals surface area contributed by atoms with Gasteiger partial charge in [0.2, 0.25) is 11.8 Å². The molecule has 1 aromatic heterocycles. The van der Waals surface area contributed by atoms with Crippen molar-refractivity contribution in [1.29, 1.82) is 0 Å². The maximum absolute atomic E-state index is 5.29. The molecule has 0 unspecified atom stereocenters. The first-order valence-electron chi connectivity index (χ1n) is 5.81. The lowest BCUT2D eigenvalue weighted by molar-refractivity contribution is 0.326. The van der Waals surface area contributed by atoms with E-state index >= 15 is 0 Å².